The Hall–Kier alpha value is -2.56. The van der Waals surface area contributed by atoms with Crippen molar-refractivity contribution in [3.8, 4) is 17.0 Å². The number of aryl methyl sites for hydroxylation is 1. The molecule has 6 heteroatoms. The van der Waals surface area contributed by atoms with Crippen molar-refractivity contribution in [3.05, 3.63) is 71.7 Å². The SMILES string of the molecule is CC(C)(C)C(=O)/C=C(\O)C(C)(C)C.COc1cc[c-]c(-c2ccc3cc(C)c(F)cc3n2)c1.[Ir]. The molecule has 1 N–H and O–H groups in total. The van der Waals surface area contributed by atoms with E-state index in [4.69, 9.17) is 4.74 Å². The van der Waals surface area contributed by atoms with Crippen LogP contribution in [0.4, 0.5) is 4.39 Å². The molecule has 2 aromatic carbocycles. The first-order valence-corrected chi connectivity index (χ1v) is 10.8. The van der Waals surface area contributed by atoms with Gasteiger partial charge in [-0.25, -0.2) is 4.39 Å². The topological polar surface area (TPSA) is 59.4 Å². The fraction of sp³-hybridized carbons (Fsp3) is 0.357. The van der Waals surface area contributed by atoms with Crippen LogP contribution in [0.3, 0.4) is 0 Å². The predicted molar refractivity (Wildman–Crippen MR) is 132 cm³/mol. The smallest absolute Gasteiger partial charge is 0.164 e. The molecule has 0 unspecified atom stereocenters. The van der Waals surface area contributed by atoms with E-state index >= 15 is 0 Å². The van der Waals surface area contributed by atoms with Crippen LogP contribution in [0.2, 0.25) is 0 Å². The Morgan fingerprint density at radius 2 is 1.71 bits per heavy atom. The van der Waals surface area contributed by atoms with E-state index in [1.54, 1.807) is 26.2 Å². The predicted octanol–water partition coefficient (Wildman–Crippen LogP) is 7.25. The summed E-state index contributed by atoms with van der Waals surface area (Å²) in [5, 5.41) is 10.5. The number of pyridine rings is 1. The molecule has 0 aliphatic rings. The minimum Gasteiger partial charge on any atom is -0.516 e. The number of aliphatic hydroxyl groups excluding tert-OH is 1. The van der Waals surface area contributed by atoms with Gasteiger partial charge in [-0.2, -0.15) is 0 Å². The number of fused-ring (bicyclic) bond motifs is 1. The molecule has 1 heterocycles. The molecule has 3 aromatic rings. The van der Waals surface area contributed by atoms with Crippen LogP contribution in [0, 0.1) is 29.6 Å². The quantitative estimate of drug-likeness (QED) is 0.186. The monoisotopic (exact) mass is 643 g/mol. The molecule has 34 heavy (non-hydrogen) atoms. The van der Waals surface area contributed by atoms with Crippen LogP contribution in [-0.2, 0) is 24.9 Å². The molecular weight excluding hydrogens is 610 g/mol. The summed E-state index contributed by atoms with van der Waals surface area (Å²) in [7, 11) is 1.62. The molecule has 0 spiro atoms. The molecule has 3 rings (SSSR count). The summed E-state index contributed by atoms with van der Waals surface area (Å²) >= 11 is 0. The summed E-state index contributed by atoms with van der Waals surface area (Å²) in [6.45, 7) is 12.9. The first-order chi connectivity index (χ1) is 15.2. The normalized spacial score (nSPS) is 11.9. The van der Waals surface area contributed by atoms with Crippen LogP contribution < -0.4 is 4.74 Å². The number of ether oxygens (including phenoxy) is 1. The molecule has 0 atom stereocenters. The van der Waals surface area contributed by atoms with Gasteiger partial charge in [0, 0.05) is 42.8 Å². The number of halogens is 1. The van der Waals surface area contributed by atoms with Crippen molar-refractivity contribution < 1.29 is 39.1 Å². The van der Waals surface area contributed by atoms with Crippen LogP contribution >= 0.6 is 0 Å². The van der Waals surface area contributed by atoms with Crippen molar-refractivity contribution >= 4 is 16.7 Å². The zero-order valence-corrected chi connectivity index (χ0v) is 23.4. The molecule has 0 fully saturated rings. The van der Waals surface area contributed by atoms with Crippen LogP contribution in [-0.4, -0.2) is 23.0 Å². The van der Waals surface area contributed by atoms with Gasteiger partial charge in [0.15, 0.2) is 5.78 Å². The van der Waals surface area contributed by atoms with Gasteiger partial charge < -0.3 is 9.84 Å². The summed E-state index contributed by atoms with van der Waals surface area (Å²) < 4.78 is 18.8. The average molecular weight is 643 g/mol. The van der Waals surface area contributed by atoms with Gasteiger partial charge in [0.25, 0.3) is 0 Å². The van der Waals surface area contributed by atoms with E-state index in [2.05, 4.69) is 11.1 Å². The minimum atomic E-state index is -0.417. The molecule has 4 nitrogen and oxygen atoms in total. The maximum absolute atomic E-state index is 13.6. The third-order valence-corrected chi connectivity index (χ3v) is 5.03. The van der Waals surface area contributed by atoms with Crippen molar-refractivity contribution in [1.29, 1.82) is 0 Å². The molecule has 185 valence electrons. The number of benzene rings is 2. The number of hydrogen-bond donors (Lipinski definition) is 1. The Labute approximate surface area is 215 Å². The number of nitrogens with zero attached hydrogens (tertiary/aromatic N) is 1. The number of allylic oxidation sites excluding steroid dienone is 2. The van der Waals surface area contributed by atoms with Crippen molar-refractivity contribution in [2.75, 3.05) is 7.11 Å². The standard InChI is InChI=1S/C17H13FNO.C11H20O2.Ir/c1-11-8-13-6-7-16(19-17(13)10-15(11)18)12-4-3-5-14(9-12)20-2;1-10(2,3)8(12)7-9(13)11(4,5)6;/h3,5-10H,1-2H3;7,12H,1-6H3;/q-1;;/b;8-7-;. The van der Waals surface area contributed by atoms with E-state index < -0.39 is 5.41 Å². The number of aromatic nitrogens is 1. The van der Waals surface area contributed by atoms with E-state index in [0.29, 0.717) is 11.1 Å². The molecule has 0 saturated heterocycles. The molecule has 0 amide bonds. The maximum Gasteiger partial charge on any atom is 0.164 e. The van der Waals surface area contributed by atoms with Crippen molar-refractivity contribution in [3.63, 3.8) is 0 Å². The summed E-state index contributed by atoms with van der Waals surface area (Å²) in [6, 6.07) is 15.7. The molecule has 0 saturated carbocycles. The van der Waals surface area contributed by atoms with E-state index in [1.807, 2.05) is 65.8 Å². The zero-order chi connectivity index (χ0) is 25.0. The molecule has 1 aromatic heterocycles. The number of carbonyl (C=O) groups excluding carboxylic acids is 1. The number of aliphatic hydroxyl groups is 1. The summed E-state index contributed by atoms with van der Waals surface area (Å²) in [5.41, 5.74) is 2.08. The number of carbonyl (C=O) groups is 1. The Balaban J connectivity index is 0.000000364. The number of ketones is 1. The van der Waals surface area contributed by atoms with Gasteiger partial charge in [-0.15, -0.1) is 29.8 Å². The molecular formula is C28H33FIrNO3-. The minimum absolute atomic E-state index is 0. The van der Waals surface area contributed by atoms with Gasteiger partial charge in [0.05, 0.1) is 12.6 Å². The molecule has 0 aliphatic heterocycles. The third kappa shape index (κ3) is 8.03. The maximum atomic E-state index is 13.6. The number of hydrogen-bond acceptors (Lipinski definition) is 4. The Bertz CT molecular complexity index is 1170. The molecule has 1 radical (unpaired) electrons. The van der Waals surface area contributed by atoms with Gasteiger partial charge in [-0.1, -0.05) is 53.7 Å². The van der Waals surface area contributed by atoms with Crippen LogP contribution in [0.25, 0.3) is 22.2 Å². The van der Waals surface area contributed by atoms with Gasteiger partial charge in [0.2, 0.25) is 0 Å². The Kier molecular flexibility index (Phi) is 10.2. The van der Waals surface area contributed by atoms with Gasteiger partial charge in [-0.3, -0.25) is 9.78 Å². The second-order valence-corrected chi connectivity index (χ2v) is 10.0. The first kappa shape index (κ1) is 29.5. The third-order valence-electron chi connectivity index (χ3n) is 5.03. The van der Waals surface area contributed by atoms with Gasteiger partial charge in [-0.05, 0) is 35.7 Å². The number of rotatable bonds is 3. The van der Waals surface area contributed by atoms with Gasteiger partial charge >= 0.3 is 0 Å². The average Bonchev–Trinajstić information content (AvgIpc) is 2.73. The molecule has 0 aliphatic carbocycles. The number of methoxy groups -OCH3 is 1. The van der Waals surface area contributed by atoms with E-state index in [9.17, 15) is 14.3 Å². The van der Waals surface area contributed by atoms with E-state index in [-0.39, 0.29) is 42.9 Å². The van der Waals surface area contributed by atoms with E-state index in [0.717, 1.165) is 22.4 Å². The largest absolute Gasteiger partial charge is 0.516 e. The van der Waals surface area contributed by atoms with Crippen LogP contribution in [0.5, 0.6) is 5.75 Å². The zero-order valence-electron chi connectivity index (χ0n) is 21.0. The molecule has 0 bridgehead atoms. The van der Waals surface area contributed by atoms with Crippen LogP contribution in [0.15, 0.2) is 54.3 Å². The second kappa shape index (κ2) is 11.7. The first-order valence-electron chi connectivity index (χ1n) is 10.8. The fourth-order valence-corrected chi connectivity index (χ4v) is 2.69. The van der Waals surface area contributed by atoms with Gasteiger partial charge in [0.1, 0.15) is 11.6 Å². The Morgan fingerprint density at radius 1 is 1.06 bits per heavy atom. The Morgan fingerprint density at radius 3 is 2.26 bits per heavy atom. The van der Waals surface area contributed by atoms with Crippen molar-refractivity contribution in [1.82, 2.24) is 4.98 Å². The summed E-state index contributed by atoms with van der Waals surface area (Å²) in [5.74, 6) is 0.611. The summed E-state index contributed by atoms with van der Waals surface area (Å²) in [6.07, 6.45) is 1.33. The summed E-state index contributed by atoms with van der Waals surface area (Å²) in [4.78, 5) is 16.0. The fourth-order valence-electron chi connectivity index (χ4n) is 2.69. The van der Waals surface area contributed by atoms with Crippen molar-refractivity contribution in [2.45, 2.75) is 48.5 Å². The van der Waals surface area contributed by atoms with Crippen molar-refractivity contribution in [2.24, 2.45) is 10.8 Å². The van der Waals surface area contributed by atoms with E-state index in [1.165, 1.54) is 12.1 Å². The second-order valence-electron chi connectivity index (χ2n) is 10.0. The van der Waals surface area contributed by atoms with Crippen LogP contribution in [0.1, 0.15) is 47.1 Å².